The zero-order valence-electron chi connectivity index (χ0n) is 14.6. The third kappa shape index (κ3) is 3.17. The second-order valence-corrected chi connectivity index (χ2v) is 8.13. The third-order valence-electron chi connectivity index (χ3n) is 4.59. The van der Waals surface area contributed by atoms with Crippen molar-refractivity contribution in [2.75, 3.05) is 13.1 Å². The molecular weight excluding hydrogens is 383 g/mol. The molecule has 0 aromatic heterocycles. The van der Waals surface area contributed by atoms with Gasteiger partial charge in [-0.2, -0.15) is 0 Å². The predicted molar refractivity (Wildman–Crippen MR) is 101 cm³/mol. The molecule has 0 radical (unpaired) electrons. The van der Waals surface area contributed by atoms with Crippen molar-refractivity contribution in [2.24, 2.45) is 0 Å². The highest BCUT2D eigenvalue weighted by Crippen LogP contribution is 2.27. The Hall–Kier alpha value is -3.10. The largest absolute Gasteiger partial charge is 0.273 e. The van der Waals surface area contributed by atoms with Crippen molar-refractivity contribution in [1.82, 2.24) is 9.62 Å². The highest BCUT2D eigenvalue weighted by molar-refractivity contribution is 7.89. The number of rotatable bonds is 5. The van der Waals surface area contributed by atoms with E-state index in [-0.39, 0.29) is 18.0 Å². The van der Waals surface area contributed by atoms with Gasteiger partial charge in [-0.3, -0.25) is 14.5 Å². The van der Waals surface area contributed by atoms with E-state index in [0.717, 1.165) is 39.9 Å². The van der Waals surface area contributed by atoms with Crippen LogP contribution in [0.15, 0.2) is 65.6 Å². The molecule has 3 aromatic rings. The minimum absolute atomic E-state index is 0.0949. The van der Waals surface area contributed by atoms with Crippen LogP contribution in [-0.4, -0.2) is 38.2 Å². The molecule has 4 rings (SSSR count). The topological polar surface area (TPSA) is 83.6 Å². The van der Waals surface area contributed by atoms with Crippen molar-refractivity contribution in [1.29, 1.82) is 0 Å². The van der Waals surface area contributed by atoms with E-state index in [1.165, 1.54) is 0 Å². The van der Waals surface area contributed by atoms with Gasteiger partial charge in [-0.1, -0.05) is 24.3 Å². The molecular formula is C20H15FN2O4S. The van der Waals surface area contributed by atoms with E-state index >= 15 is 0 Å². The molecule has 3 aromatic carbocycles. The first-order chi connectivity index (χ1) is 13.4. The van der Waals surface area contributed by atoms with Gasteiger partial charge >= 0.3 is 0 Å². The first-order valence-electron chi connectivity index (χ1n) is 8.51. The number of benzene rings is 3. The lowest BCUT2D eigenvalue weighted by molar-refractivity contribution is 0.0657. The first kappa shape index (κ1) is 18.3. The summed E-state index contributed by atoms with van der Waals surface area (Å²) in [6, 6.07) is 15.1. The molecule has 1 aliphatic rings. The summed E-state index contributed by atoms with van der Waals surface area (Å²) in [5.41, 5.74) is 0.621. The second-order valence-electron chi connectivity index (χ2n) is 6.36. The summed E-state index contributed by atoms with van der Waals surface area (Å²) in [7, 11) is -3.87. The Bertz CT molecular complexity index is 1150. The van der Waals surface area contributed by atoms with E-state index in [1.807, 2.05) is 24.3 Å². The smallest absolute Gasteiger partial charge is 0.261 e. The Morgan fingerprint density at radius 2 is 1.39 bits per heavy atom. The van der Waals surface area contributed by atoms with Crippen LogP contribution >= 0.6 is 0 Å². The van der Waals surface area contributed by atoms with E-state index in [4.69, 9.17) is 0 Å². The van der Waals surface area contributed by atoms with Crippen molar-refractivity contribution >= 4 is 32.6 Å². The van der Waals surface area contributed by atoms with E-state index < -0.39 is 27.7 Å². The number of nitrogens with one attached hydrogen (secondary N) is 1. The fourth-order valence-electron chi connectivity index (χ4n) is 3.17. The molecule has 28 heavy (non-hydrogen) atoms. The van der Waals surface area contributed by atoms with Crippen LogP contribution in [-0.2, 0) is 10.0 Å². The van der Waals surface area contributed by atoms with Crippen molar-refractivity contribution in [2.45, 2.75) is 4.90 Å². The van der Waals surface area contributed by atoms with E-state index in [2.05, 4.69) is 4.72 Å². The average molecular weight is 398 g/mol. The number of sulfonamides is 1. The van der Waals surface area contributed by atoms with Crippen LogP contribution in [0, 0.1) is 5.82 Å². The predicted octanol–water partition coefficient (Wildman–Crippen LogP) is 2.55. The van der Waals surface area contributed by atoms with Crippen molar-refractivity contribution in [3.8, 4) is 0 Å². The number of hydrogen-bond acceptors (Lipinski definition) is 4. The fraction of sp³-hybridized carbons (Fsp3) is 0.100. The van der Waals surface area contributed by atoms with Gasteiger partial charge < -0.3 is 0 Å². The Balaban J connectivity index is 1.50. The summed E-state index contributed by atoms with van der Waals surface area (Å²) in [5, 5.41) is 1.70. The number of nitrogens with zero attached hydrogens (tertiary/aromatic N) is 1. The molecule has 2 amide bonds. The highest BCUT2D eigenvalue weighted by atomic mass is 32.2. The number of amides is 2. The molecule has 0 atom stereocenters. The van der Waals surface area contributed by atoms with Crippen molar-refractivity contribution in [3.05, 3.63) is 77.6 Å². The molecule has 6 nitrogen and oxygen atoms in total. The Morgan fingerprint density at radius 1 is 0.857 bits per heavy atom. The van der Waals surface area contributed by atoms with Gasteiger partial charge in [0, 0.05) is 13.1 Å². The standard InChI is InChI=1S/C20H15FN2O4S/c21-15-5-7-16(8-6-15)28(26,27)22-9-10-23-19(24)17-11-13-3-1-2-4-14(13)12-18(17)20(23)25/h1-8,11-12,22H,9-10H2. The summed E-state index contributed by atoms with van der Waals surface area (Å²) in [6.07, 6.45) is 0. The van der Waals surface area contributed by atoms with Crippen LogP contribution in [0.1, 0.15) is 20.7 Å². The van der Waals surface area contributed by atoms with Crippen LogP contribution < -0.4 is 4.72 Å². The maximum absolute atomic E-state index is 13.0. The molecule has 1 heterocycles. The number of carbonyl (C=O) groups excluding carboxylic acids is 2. The average Bonchev–Trinajstić information content (AvgIpc) is 2.91. The van der Waals surface area contributed by atoms with E-state index in [0.29, 0.717) is 11.1 Å². The van der Waals surface area contributed by atoms with Crippen molar-refractivity contribution in [3.63, 3.8) is 0 Å². The van der Waals surface area contributed by atoms with Crippen LogP contribution in [0.4, 0.5) is 4.39 Å². The number of imide groups is 1. The van der Waals surface area contributed by atoms with Gasteiger partial charge in [-0.15, -0.1) is 0 Å². The summed E-state index contributed by atoms with van der Waals surface area (Å²) in [6.45, 7) is -0.256. The van der Waals surface area contributed by atoms with Crippen LogP contribution in [0.5, 0.6) is 0 Å². The summed E-state index contributed by atoms with van der Waals surface area (Å²) < 4.78 is 39.8. The highest BCUT2D eigenvalue weighted by Gasteiger charge is 2.35. The number of carbonyl (C=O) groups is 2. The third-order valence-corrected chi connectivity index (χ3v) is 6.07. The lowest BCUT2D eigenvalue weighted by Gasteiger charge is -2.14. The normalized spacial score (nSPS) is 14.0. The minimum Gasteiger partial charge on any atom is -0.273 e. The van der Waals surface area contributed by atoms with Gasteiger partial charge in [0.25, 0.3) is 11.8 Å². The number of halogens is 1. The Kier molecular flexibility index (Phi) is 4.44. The molecule has 0 aliphatic carbocycles. The lowest BCUT2D eigenvalue weighted by Crippen LogP contribution is -2.38. The molecule has 0 unspecified atom stereocenters. The summed E-state index contributed by atoms with van der Waals surface area (Å²) >= 11 is 0. The van der Waals surface area contributed by atoms with Gasteiger partial charge in [0.2, 0.25) is 10.0 Å². The summed E-state index contributed by atoms with van der Waals surface area (Å²) in [5.74, 6) is -1.45. The fourth-order valence-corrected chi connectivity index (χ4v) is 4.19. The van der Waals surface area contributed by atoms with E-state index in [1.54, 1.807) is 12.1 Å². The maximum atomic E-state index is 13.0. The van der Waals surface area contributed by atoms with Gasteiger partial charge in [0.1, 0.15) is 5.82 Å². The summed E-state index contributed by atoms with van der Waals surface area (Å²) in [4.78, 5) is 26.1. The molecule has 1 aliphatic heterocycles. The monoisotopic (exact) mass is 398 g/mol. The van der Waals surface area contributed by atoms with Crippen LogP contribution in [0.25, 0.3) is 10.8 Å². The van der Waals surface area contributed by atoms with Crippen molar-refractivity contribution < 1.29 is 22.4 Å². The molecule has 0 bridgehead atoms. The lowest BCUT2D eigenvalue weighted by atomic mass is 10.0. The zero-order chi connectivity index (χ0) is 19.9. The van der Waals surface area contributed by atoms with Gasteiger partial charge in [0.05, 0.1) is 16.0 Å². The van der Waals surface area contributed by atoms with E-state index in [9.17, 15) is 22.4 Å². The second kappa shape index (κ2) is 6.81. The minimum atomic E-state index is -3.87. The van der Waals surface area contributed by atoms with Gasteiger partial charge in [0.15, 0.2) is 0 Å². The molecule has 0 saturated carbocycles. The van der Waals surface area contributed by atoms with Crippen LogP contribution in [0.2, 0.25) is 0 Å². The Labute approximate surface area is 160 Å². The maximum Gasteiger partial charge on any atom is 0.261 e. The molecule has 1 N–H and O–H groups in total. The number of fused-ring (bicyclic) bond motifs is 2. The quantitative estimate of drug-likeness (QED) is 0.670. The van der Waals surface area contributed by atoms with Crippen LogP contribution in [0.3, 0.4) is 0 Å². The molecule has 8 heteroatoms. The SMILES string of the molecule is O=C1c2cc3ccccc3cc2C(=O)N1CCNS(=O)(=O)c1ccc(F)cc1. The Morgan fingerprint density at radius 3 is 1.93 bits per heavy atom. The molecule has 142 valence electrons. The van der Waals surface area contributed by atoms with Gasteiger partial charge in [-0.05, 0) is 47.2 Å². The number of hydrogen-bond donors (Lipinski definition) is 1. The first-order valence-corrected chi connectivity index (χ1v) is 9.99. The molecule has 0 fully saturated rings. The molecule has 0 saturated heterocycles. The van der Waals surface area contributed by atoms with Gasteiger partial charge in [-0.25, -0.2) is 17.5 Å². The zero-order valence-corrected chi connectivity index (χ0v) is 15.4. The molecule has 0 spiro atoms.